The highest BCUT2D eigenvalue weighted by Gasteiger charge is 2.38. The van der Waals surface area contributed by atoms with Crippen molar-refractivity contribution < 1.29 is 14.6 Å². The molecule has 0 saturated heterocycles. The van der Waals surface area contributed by atoms with Gasteiger partial charge in [0.05, 0.1) is 14.2 Å². The first-order chi connectivity index (χ1) is 12.8. The molecule has 0 heterocycles. The summed E-state index contributed by atoms with van der Waals surface area (Å²) in [7, 11) is 7.33. The smallest absolute Gasteiger partial charge is 0.119 e. The van der Waals surface area contributed by atoms with Crippen LogP contribution < -0.4 is 9.47 Å². The Morgan fingerprint density at radius 3 is 2.26 bits per heavy atom. The first-order valence-corrected chi connectivity index (χ1v) is 9.15. The minimum atomic E-state index is -1.11. The molecule has 2 aromatic carbocycles. The van der Waals surface area contributed by atoms with Crippen molar-refractivity contribution in [3.05, 3.63) is 65.2 Å². The maximum Gasteiger partial charge on any atom is 0.119 e. The lowest BCUT2D eigenvalue weighted by molar-refractivity contribution is 0.0104. The quantitative estimate of drug-likeness (QED) is 0.757. The maximum atomic E-state index is 11.9. The predicted molar refractivity (Wildman–Crippen MR) is 111 cm³/mol. The first-order valence-electron chi connectivity index (χ1n) is 9.15. The maximum absolute atomic E-state index is 11.9. The molecule has 0 aliphatic carbocycles. The number of ether oxygens (including phenoxy) is 2. The molecule has 0 aromatic heterocycles. The van der Waals surface area contributed by atoms with Crippen molar-refractivity contribution in [2.75, 3.05) is 34.9 Å². The zero-order valence-corrected chi connectivity index (χ0v) is 17.2. The number of benzene rings is 2. The van der Waals surface area contributed by atoms with E-state index in [2.05, 4.69) is 11.8 Å². The van der Waals surface area contributed by atoms with Gasteiger partial charge in [0.2, 0.25) is 0 Å². The molecule has 0 aliphatic heterocycles. The van der Waals surface area contributed by atoms with Crippen LogP contribution in [0.5, 0.6) is 11.5 Å². The van der Waals surface area contributed by atoms with Gasteiger partial charge in [-0.15, -0.1) is 0 Å². The second-order valence-electron chi connectivity index (χ2n) is 7.26. The third-order valence-corrected chi connectivity index (χ3v) is 4.96. The fraction of sp³-hybridized carbons (Fsp3) is 0.391. The van der Waals surface area contributed by atoms with Gasteiger partial charge in [-0.05, 0) is 62.0 Å². The SMILES string of the molecule is COc1ccc(/C=C(/C)C(O)(c2cccc(OC)c2)C(C)CN(C)C)cc1. The summed E-state index contributed by atoms with van der Waals surface area (Å²) in [6, 6.07) is 15.5. The van der Waals surface area contributed by atoms with Crippen molar-refractivity contribution in [1.29, 1.82) is 0 Å². The summed E-state index contributed by atoms with van der Waals surface area (Å²) in [5.41, 5.74) is 1.62. The highest BCUT2D eigenvalue weighted by Crippen LogP contribution is 2.39. The second kappa shape index (κ2) is 9.07. The molecule has 2 unspecified atom stereocenters. The molecule has 4 nitrogen and oxygen atoms in total. The van der Waals surface area contributed by atoms with Crippen LogP contribution in [0.1, 0.15) is 25.0 Å². The zero-order chi connectivity index (χ0) is 20.0. The topological polar surface area (TPSA) is 41.9 Å². The Morgan fingerprint density at radius 1 is 1.07 bits per heavy atom. The van der Waals surface area contributed by atoms with Gasteiger partial charge < -0.3 is 19.5 Å². The molecular weight excluding hydrogens is 338 g/mol. The van der Waals surface area contributed by atoms with Crippen molar-refractivity contribution in [2.24, 2.45) is 5.92 Å². The lowest BCUT2D eigenvalue weighted by Crippen LogP contribution is -2.40. The van der Waals surface area contributed by atoms with Crippen LogP contribution >= 0.6 is 0 Å². The van der Waals surface area contributed by atoms with Crippen molar-refractivity contribution in [3.8, 4) is 11.5 Å². The molecule has 0 aliphatic rings. The van der Waals surface area contributed by atoms with Crippen molar-refractivity contribution in [1.82, 2.24) is 4.90 Å². The molecule has 0 spiro atoms. The molecule has 2 atom stereocenters. The molecule has 2 rings (SSSR count). The normalized spacial score (nSPS) is 15.3. The number of methoxy groups -OCH3 is 2. The van der Waals surface area contributed by atoms with E-state index in [-0.39, 0.29) is 5.92 Å². The highest BCUT2D eigenvalue weighted by molar-refractivity contribution is 5.57. The summed E-state index contributed by atoms with van der Waals surface area (Å²) < 4.78 is 10.6. The Morgan fingerprint density at radius 2 is 1.70 bits per heavy atom. The van der Waals surface area contributed by atoms with E-state index in [0.717, 1.165) is 34.7 Å². The molecule has 1 N–H and O–H groups in total. The lowest BCUT2D eigenvalue weighted by Gasteiger charge is -2.37. The number of rotatable bonds is 8. The molecule has 146 valence electrons. The van der Waals surface area contributed by atoms with E-state index >= 15 is 0 Å². The molecule has 2 aromatic rings. The average Bonchev–Trinajstić information content (AvgIpc) is 2.67. The van der Waals surface area contributed by atoms with Gasteiger partial charge in [-0.3, -0.25) is 0 Å². The molecular formula is C23H31NO3. The molecule has 4 heteroatoms. The summed E-state index contributed by atoms with van der Waals surface area (Å²) in [5, 5.41) is 11.9. The van der Waals surface area contributed by atoms with Gasteiger partial charge in [0.15, 0.2) is 0 Å². The molecule has 27 heavy (non-hydrogen) atoms. The van der Waals surface area contributed by atoms with E-state index in [1.807, 2.05) is 75.6 Å². The standard InChI is InChI=1S/C23H31NO3/c1-17(14-19-10-12-21(26-5)13-11-19)23(25,18(2)16-24(3)4)20-8-7-9-22(15-20)27-6/h7-15,18,25H,16H2,1-6H3/b17-14-. The lowest BCUT2D eigenvalue weighted by atomic mass is 9.76. The minimum Gasteiger partial charge on any atom is -0.497 e. The van der Waals surface area contributed by atoms with Gasteiger partial charge in [0.25, 0.3) is 0 Å². The summed E-state index contributed by atoms with van der Waals surface area (Å²) in [5.74, 6) is 1.53. The summed E-state index contributed by atoms with van der Waals surface area (Å²) in [6.07, 6.45) is 2.03. The van der Waals surface area contributed by atoms with Crippen LogP contribution in [0, 0.1) is 5.92 Å². The number of hydrogen-bond donors (Lipinski definition) is 1. The van der Waals surface area contributed by atoms with E-state index in [1.165, 1.54) is 0 Å². The fourth-order valence-electron chi connectivity index (χ4n) is 3.50. The Bertz CT molecular complexity index is 767. The van der Waals surface area contributed by atoms with Crippen LogP contribution in [0.4, 0.5) is 0 Å². The van der Waals surface area contributed by atoms with E-state index in [0.29, 0.717) is 0 Å². The van der Waals surface area contributed by atoms with Gasteiger partial charge in [-0.25, -0.2) is 0 Å². The van der Waals surface area contributed by atoms with Crippen LogP contribution in [0.15, 0.2) is 54.1 Å². The number of hydrogen-bond acceptors (Lipinski definition) is 4. The van der Waals surface area contributed by atoms with E-state index in [9.17, 15) is 5.11 Å². The summed E-state index contributed by atoms with van der Waals surface area (Å²) in [6.45, 7) is 4.81. The van der Waals surface area contributed by atoms with Crippen molar-refractivity contribution in [3.63, 3.8) is 0 Å². The first kappa shape index (κ1) is 21.0. The van der Waals surface area contributed by atoms with Crippen molar-refractivity contribution in [2.45, 2.75) is 19.4 Å². The molecule has 0 bridgehead atoms. The Labute approximate surface area is 163 Å². The van der Waals surface area contributed by atoms with E-state index in [4.69, 9.17) is 9.47 Å². The van der Waals surface area contributed by atoms with Gasteiger partial charge >= 0.3 is 0 Å². The van der Waals surface area contributed by atoms with Gasteiger partial charge in [-0.2, -0.15) is 0 Å². The molecule has 0 saturated carbocycles. The van der Waals surface area contributed by atoms with E-state index < -0.39 is 5.60 Å². The average molecular weight is 370 g/mol. The highest BCUT2D eigenvalue weighted by atomic mass is 16.5. The largest absolute Gasteiger partial charge is 0.497 e. The summed E-state index contributed by atoms with van der Waals surface area (Å²) in [4.78, 5) is 2.09. The fourth-order valence-corrected chi connectivity index (χ4v) is 3.50. The van der Waals surface area contributed by atoms with Crippen LogP contribution in [0.25, 0.3) is 6.08 Å². The molecule has 0 fully saturated rings. The number of aliphatic hydroxyl groups is 1. The van der Waals surface area contributed by atoms with Crippen LogP contribution in [-0.2, 0) is 5.60 Å². The zero-order valence-electron chi connectivity index (χ0n) is 17.2. The number of nitrogens with zero attached hydrogens (tertiary/aromatic N) is 1. The predicted octanol–water partition coefficient (Wildman–Crippen LogP) is 4.19. The molecule has 0 radical (unpaired) electrons. The Hall–Kier alpha value is -2.30. The summed E-state index contributed by atoms with van der Waals surface area (Å²) >= 11 is 0. The van der Waals surface area contributed by atoms with Crippen LogP contribution in [0.2, 0.25) is 0 Å². The van der Waals surface area contributed by atoms with Crippen molar-refractivity contribution >= 4 is 6.08 Å². The van der Waals surface area contributed by atoms with Gasteiger partial charge in [-0.1, -0.05) is 37.3 Å². The van der Waals surface area contributed by atoms with Crippen LogP contribution in [0.3, 0.4) is 0 Å². The van der Waals surface area contributed by atoms with Gasteiger partial charge in [0, 0.05) is 12.5 Å². The Balaban J connectivity index is 2.50. The second-order valence-corrected chi connectivity index (χ2v) is 7.26. The molecule has 0 amide bonds. The van der Waals surface area contributed by atoms with Crippen LogP contribution in [-0.4, -0.2) is 44.9 Å². The third kappa shape index (κ3) is 4.90. The Kier molecular flexibility index (Phi) is 7.05. The minimum absolute atomic E-state index is 0.0193. The van der Waals surface area contributed by atoms with Gasteiger partial charge in [0.1, 0.15) is 17.1 Å². The third-order valence-electron chi connectivity index (χ3n) is 4.96. The van der Waals surface area contributed by atoms with E-state index in [1.54, 1.807) is 14.2 Å². The monoisotopic (exact) mass is 369 g/mol.